The molecule has 2 unspecified atom stereocenters. The number of hydrogen-bond acceptors (Lipinski definition) is 8. The lowest BCUT2D eigenvalue weighted by molar-refractivity contribution is -0.145. The van der Waals surface area contributed by atoms with E-state index in [-0.39, 0.29) is 21.2 Å². The number of amides is 3. The molecule has 2 atom stereocenters. The van der Waals surface area contributed by atoms with Crippen molar-refractivity contribution < 1.29 is 42.2 Å². The van der Waals surface area contributed by atoms with E-state index in [1.165, 1.54) is 42.5 Å². The van der Waals surface area contributed by atoms with Gasteiger partial charge >= 0.3 is 18.2 Å². The molecule has 0 heterocycles. The zero-order chi connectivity index (χ0) is 27.9. The summed E-state index contributed by atoms with van der Waals surface area (Å²) in [5.74, 6) is -3.80. The van der Waals surface area contributed by atoms with Crippen LogP contribution in [-0.4, -0.2) is 57.8 Å². The molecule has 0 aromatic heterocycles. The van der Waals surface area contributed by atoms with E-state index in [2.05, 4.69) is 30.4 Å². The lowest BCUT2D eigenvalue weighted by Gasteiger charge is -2.19. The maximum atomic E-state index is 13.5. The van der Waals surface area contributed by atoms with Gasteiger partial charge in [-0.3, -0.25) is 14.9 Å². The topological polar surface area (TPSA) is 190 Å². The molecule has 2 aromatic rings. The van der Waals surface area contributed by atoms with Crippen LogP contribution in [0.1, 0.15) is 19.3 Å². The van der Waals surface area contributed by atoms with Gasteiger partial charge in [0, 0.05) is 5.69 Å². The summed E-state index contributed by atoms with van der Waals surface area (Å²) in [4.78, 5) is 51.0. The van der Waals surface area contributed by atoms with Gasteiger partial charge in [-0.15, -0.1) is 4.99 Å². The van der Waals surface area contributed by atoms with Crippen LogP contribution in [0.5, 0.6) is 0 Å². The van der Waals surface area contributed by atoms with Gasteiger partial charge in [0.05, 0.1) is 41.5 Å². The van der Waals surface area contributed by atoms with Crippen LogP contribution in [0.3, 0.4) is 0 Å². The average Bonchev–Trinajstić information content (AvgIpc) is 3.40. The first kappa shape index (κ1) is 28.1. The second-order valence-corrected chi connectivity index (χ2v) is 10.1. The maximum absolute atomic E-state index is 13.5. The zero-order valence-corrected chi connectivity index (χ0v) is 21.3. The molecule has 1 aliphatic rings. The molecular formula is C24H26N4O9S. The average molecular weight is 547 g/mol. The number of nitrogens with one attached hydrogen (secondary N) is 3. The number of guanidine groups is 1. The van der Waals surface area contributed by atoms with Crippen molar-refractivity contribution in [3.63, 3.8) is 0 Å². The lowest BCUT2D eigenvalue weighted by Crippen LogP contribution is -2.36. The maximum Gasteiger partial charge on any atom is 0.436 e. The summed E-state index contributed by atoms with van der Waals surface area (Å²) in [6, 6.07) is 11.3. The van der Waals surface area contributed by atoms with E-state index in [4.69, 9.17) is 0 Å². The molecule has 202 valence electrons. The van der Waals surface area contributed by atoms with Crippen molar-refractivity contribution in [1.82, 2.24) is 5.32 Å². The number of carbonyl (C=O) groups excluding carboxylic acids is 3. The summed E-state index contributed by atoms with van der Waals surface area (Å²) in [5, 5.41) is 16.8. The number of methoxy groups -OCH3 is 2. The molecule has 38 heavy (non-hydrogen) atoms. The second-order valence-electron chi connectivity index (χ2n) is 8.17. The fourth-order valence-electron chi connectivity index (χ4n) is 3.96. The number of hydrogen-bond donors (Lipinski definition) is 4. The molecule has 1 saturated carbocycles. The Labute approximate surface area is 218 Å². The van der Waals surface area contributed by atoms with Crippen LogP contribution in [0.15, 0.2) is 63.3 Å². The Morgan fingerprint density at radius 3 is 2.26 bits per heavy atom. The van der Waals surface area contributed by atoms with Gasteiger partial charge < -0.3 is 25.2 Å². The number of anilines is 2. The molecule has 14 heteroatoms. The highest BCUT2D eigenvalue weighted by atomic mass is 32.2. The fourth-order valence-corrected chi connectivity index (χ4v) is 5.42. The van der Waals surface area contributed by atoms with E-state index in [9.17, 15) is 32.7 Å². The first-order chi connectivity index (χ1) is 18.1. The number of carbonyl (C=O) groups is 4. The normalized spacial score (nSPS) is 17.3. The van der Waals surface area contributed by atoms with Crippen molar-refractivity contribution in [2.75, 3.05) is 24.9 Å². The summed E-state index contributed by atoms with van der Waals surface area (Å²) < 4.78 is 36.1. The van der Waals surface area contributed by atoms with Crippen molar-refractivity contribution in [1.29, 1.82) is 0 Å². The Bertz CT molecular complexity index is 1360. The molecule has 0 radical (unpaired) electrons. The summed E-state index contributed by atoms with van der Waals surface area (Å²) >= 11 is 0. The molecule has 0 bridgehead atoms. The van der Waals surface area contributed by atoms with Crippen molar-refractivity contribution in [2.24, 2.45) is 16.8 Å². The molecule has 2 aromatic carbocycles. The Morgan fingerprint density at radius 2 is 1.63 bits per heavy atom. The number of carboxylic acids is 1. The van der Waals surface area contributed by atoms with Gasteiger partial charge in [0.2, 0.25) is 21.7 Å². The Balaban J connectivity index is 2.03. The Hall–Kier alpha value is -4.46. The highest BCUT2D eigenvalue weighted by Gasteiger charge is 2.38. The van der Waals surface area contributed by atoms with E-state index in [0.29, 0.717) is 19.3 Å². The van der Waals surface area contributed by atoms with Gasteiger partial charge in [0.1, 0.15) is 0 Å². The van der Waals surface area contributed by atoms with E-state index >= 15 is 0 Å². The molecule has 4 N–H and O–H groups in total. The molecule has 0 aliphatic heterocycles. The number of benzene rings is 2. The molecule has 0 saturated heterocycles. The smallest absolute Gasteiger partial charge is 0.436 e. The van der Waals surface area contributed by atoms with Crippen LogP contribution in [0, 0.1) is 11.8 Å². The van der Waals surface area contributed by atoms with Gasteiger partial charge in [0.25, 0.3) is 0 Å². The minimum Gasteiger partial charge on any atom is -0.481 e. The van der Waals surface area contributed by atoms with Crippen LogP contribution in [0.2, 0.25) is 0 Å². The number of sulfone groups is 1. The molecule has 0 spiro atoms. The van der Waals surface area contributed by atoms with Crippen molar-refractivity contribution >= 4 is 51.2 Å². The van der Waals surface area contributed by atoms with E-state index in [0.717, 1.165) is 14.2 Å². The van der Waals surface area contributed by atoms with Crippen LogP contribution < -0.4 is 16.0 Å². The molecule has 3 rings (SSSR count). The molecule has 3 amide bonds. The number of ether oxygens (including phenoxy) is 2. The van der Waals surface area contributed by atoms with Crippen LogP contribution in [-0.2, 0) is 28.9 Å². The van der Waals surface area contributed by atoms with E-state index in [1.807, 2.05) is 0 Å². The largest absolute Gasteiger partial charge is 0.481 e. The van der Waals surface area contributed by atoms with Gasteiger partial charge in [-0.1, -0.05) is 24.6 Å². The van der Waals surface area contributed by atoms with Crippen molar-refractivity contribution in [3.05, 3.63) is 48.5 Å². The standard InChI is InChI=1S/C24H26N4O9S/c1-36-23(32)27-22(28-24(33)37-2)25-14-11-12-18(26-20(29)16-9-6-10-17(16)21(30)31)19(13-14)38(34,35)15-7-4-3-5-8-15/h3-5,7-8,11-13,16-17H,6,9-10H2,1-2H3,(H,26,29)(H,30,31)(H2,25,27,28,32,33). The highest BCUT2D eigenvalue weighted by Crippen LogP contribution is 2.35. The minimum absolute atomic E-state index is 0.0620. The number of aliphatic imine (C=N–C) groups is 1. The van der Waals surface area contributed by atoms with Crippen LogP contribution in [0.4, 0.5) is 21.0 Å². The van der Waals surface area contributed by atoms with Crippen LogP contribution >= 0.6 is 0 Å². The SMILES string of the molecule is COC(=O)N=C(NC(=O)OC)Nc1ccc(NC(=O)C2CCCC2C(=O)O)c(S(=O)(=O)c2ccccc2)c1. The molecule has 13 nitrogen and oxygen atoms in total. The van der Waals surface area contributed by atoms with Crippen LogP contribution in [0.25, 0.3) is 0 Å². The number of nitrogens with zero attached hydrogens (tertiary/aromatic N) is 1. The van der Waals surface area contributed by atoms with Crippen molar-refractivity contribution in [3.8, 4) is 0 Å². The predicted octanol–water partition coefficient (Wildman–Crippen LogP) is 2.85. The monoisotopic (exact) mass is 546 g/mol. The minimum atomic E-state index is -4.20. The van der Waals surface area contributed by atoms with E-state index < -0.39 is 51.7 Å². The highest BCUT2D eigenvalue weighted by molar-refractivity contribution is 7.91. The fraction of sp³-hybridized carbons (Fsp3) is 0.292. The van der Waals surface area contributed by atoms with Gasteiger partial charge in [-0.2, -0.15) is 0 Å². The lowest BCUT2D eigenvalue weighted by atomic mass is 9.95. The third-order valence-corrected chi connectivity index (χ3v) is 7.61. The van der Waals surface area contributed by atoms with E-state index in [1.54, 1.807) is 6.07 Å². The number of alkyl carbamates (subject to hydrolysis) is 1. The third-order valence-electron chi connectivity index (χ3n) is 5.80. The van der Waals surface area contributed by atoms with Gasteiger partial charge in [0.15, 0.2) is 0 Å². The summed E-state index contributed by atoms with van der Waals surface area (Å²) in [6.45, 7) is 0. The Morgan fingerprint density at radius 1 is 0.947 bits per heavy atom. The molecule has 1 aliphatic carbocycles. The first-order valence-electron chi connectivity index (χ1n) is 11.3. The second kappa shape index (κ2) is 12.2. The predicted molar refractivity (Wildman–Crippen MR) is 134 cm³/mol. The number of carboxylic acid groups (broad SMARTS) is 1. The molecular weight excluding hydrogens is 520 g/mol. The summed E-state index contributed by atoms with van der Waals surface area (Å²) in [5.41, 5.74) is -0.00587. The quantitative estimate of drug-likeness (QED) is 0.310. The third kappa shape index (κ3) is 6.64. The number of aliphatic carboxylic acids is 1. The summed E-state index contributed by atoms with van der Waals surface area (Å²) in [7, 11) is -2.03. The molecule has 1 fully saturated rings. The Kier molecular flexibility index (Phi) is 9.02. The van der Waals surface area contributed by atoms with Gasteiger partial charge in [-0.25, -0.2) is 18.0 Å². The zero-order valence-electron chi connectivity index (χ0n) is 20.5. The van der Waals surface area contributed by atoms with Gasteiger partial charge in [-0.05, 0) is 43.2 Å². The first-order valence-corrected chi connectivity index (χ1v) is 12.8. The summed E-state index contributed by atoms with van der Waals surface area (Å²) in [6.07, 6.45) is -0.764. The van der Waals surface area contributed by atoms with Crippen molar-refractivity contribution in [2.45, 2.75) is 29.1 Å². The number of rotatable bonds is 6.